The van der Waals surface area contributed by atoms with Gasteiger partial charge in [-0.05, 0) is 42.7 Å². The Labute approximate surface area is 97.6 Å². The molecular weight excluding hydrogens is 262 g/mol. The standard InChI is InChI=1S/C10H12BrNOS/c1-6-3-8(11)4-7(2)9(6)5-12-10(13)14/h3-4H,5H2,1-2H3,(H2,12,13,14). The monoisotopic (exact) mass is 273 g/mol. The van der Waals surface area contributed by atoms with Crippen LogP contribution >= 0.6 is 28.6 Å². The molecule has 0 saturated carbocycles. The molecule has 0 atom stereocenters. The molecule has 14 heavy (non-hydrogen) atoms. The molecule has 0 aliphatic carbocycles. The van der Waals surface area contributed by atoms with Crippen molar-refractivity contribution in [2.75, 3.05) is 0 Å². The fourth-order valence-corrected chi connectivity index (χ4v) is 2.15. The van der Waals surface area contributed by atoms with Crippen molar-refractivity contribution in [3.63, 3.8) is 0 Å². The lowest BCUT2D eigenvalue weighted by Gasteiger charge is -2.10. The summed E-state index contributed by atoms with van der Waals surface area (Å²) in [6.45, 7) is 4.59. The van der Waals surface area contributed by atoms with Crippen LogP contribution in [0.25, 0.3) is 0 Å². The number of carbonyl (C=O) groups is 1. The molecule has 2 nitrogen and oxygen atoms in total. The first-order chi connectivity index (χ1) is 6.50. The van der Waals surface area contributed by atoms with Crippen LogP contribution in [0.4, 0.5) is 4.79 Å². The smallest absolute Gasteiger partial charge is 0.276 e. The molecule has 1 aromatic carbocycles. The van der Waals surface area contributed by atoms with Gasteiger partial charge in [0.15, 0.2) is 0 Å². The molecule has 0 heterocycles. The molecule has 1 N–H and O–H groups in total. The average molecular weight is 274 g/mol. The largest absolute Gasteiger partial charge is 0.343 e. The van der Waals surface area contributed by atoms with Crippen molar-refractivity contribution in [1.29, 1.82) is 0 Å². The van der Waals surface area contributed by atoms with Crippen LogP contribution in [0.5, 0.6) is 0 Å². The third-order valence-electron chi connectivity index (χ3n) is 2.08. The number of carbonyl (C=O) groups excluding carboxylic acids is 1. The van der Waals surface area contributed by atoms with Crippen molar-refractivity contribution in [3.8, 4) is 0 Å². The normalized spacial score (nSPS) is 10.0. The summed E-state index contributed by atoms with van der Waals surface area (Å²) < 4.78 is 1.06. The summed E-state index contributed by atoms with van der Waals surface area (Å²) in [7, 11) is 0. The molecule has 1 amide bonds. The van der Waals surface area contributed by atoms with E-state index in [1.54, 1.807) is 0 Å². The van der Waals surface area contributed by atoms with Crippen molar-refractivity contribution in [3.05, 3.63) is 33.3 Å². The van der Waals surface area contributed by atoms with E-state index in [9.17, 15) is 4.79 Å². The van der Waals surface area contributed by atoms with Crippen LogP contribution in [0.2, 0.25) is 0 Å². The summed E-state index contributed by atoms with van der Waals surface area (Å²) in [6, 6.07) is 4.07. The minimum absolute atomic E-state index is 0.299. The molecule has 1 rings (SSSR count). The van der Waals surface area contributed by atoms with E-state index in [4.69, 9.17) is 0 Å². The molecule has 0 fully saturated rings. The van der Waals surface area contributed by atoms with Crippen LogP contribution < -0.4 is 5.32 Å². The van der Waals surface area contributed by atoms with Crippen LogP contribution in [0.1, 0.15) is 16.7 Å². The third-order valence-corrected chi connectivity index (χ3v) is 2.69. The number of amides is 1. The van der Waals surface area contributed by atoms with Gasteiger partial charge >= 0.3 is 0 Å². The predicted octanol–water partition coefficient (Wildman–Crippen LogP) is 3.21. The highest BCUT2D eigenvalue weighted by Crippen LogP contribution is 2.20. The summed E-state index contributed by atoms with van der Waals surface area (Å²) in [6.07, 6.45) is 0. The average Bonchev–Trinajstić information content (AvgIpc) is 2.01. The van der Waals surface area contributed by atoms with E-state index in [0.29, 0.717) is 6.54 Å². The summed E-state index contributed by atoms with van der Waals surface area (Å²) in [5.74, 6) is 0. The summed E-state index contributed by atoms with van der Waals surface area (Å²) in [5, 5.41) is 2.37. The van der Waals surface area contributed by atoms with Gasteiger partial charge < -0.3 is 5.32 Å². The lowest BCUT2D eigenvalue weighted by Crippen LogP contribution is -2.17. The van der Waals surface area contributed by atoms with Crippen LogP contribution in [0.15, 0.2) is 16.6 Å². The Balaban J connectivity index is 2.91. The highest BCUT2D eigenvalue weighted by Gasteiger charge is 2.04. The Morgan fingerprint density at radius 3 is 2.36 bits per heavy atom. The number of nitrogens with one attached hydrogen (secondary N) is 1. The summed E-state index contributed by atoms with van der Waals surface area (Å²) >= 11 is 7.08. The van der Waals surface area contributed by atoms with Gasteiger partial charge in [-0.1, -0.05) is 28.6 Å². The molecule has 0 unspecified atom stereocenters. The first kappa shape index (κ1) is 11.6. The van der Waals surface area contributed by atoms with Gasteiger partial charge in [0, 0.05) is 11.0 Å². The zero-order valence-electron chi connectivity index (χ0n) is 8.10. The molecular formula is C10H12BrNOS. The van der Waals surface area contributed by atoms with Gasteiger partial charge in [0.1, 0.15) is 0 Å². The number of halogens is 1. The fourth-order valence-electron chi connectivity index (χ4n) is 1.38. The van der Waals surface area contributed by atoms with Crippen LogP contribution in [0, 0.1) is 13.8 Å². The van der Waals surface area contributed by atoms with Gasteiger partial charge in [-0.25, -0.2) is 0 Å². The van der Waals surface area contributed by atoms with Gasteiger partial charge in [-0.2, -0.15) is 0 Å². The molecule has 1 aromatic rings. The molecule has 0 aliphatic heterocycles. The van der Waals surface area contributed by atoms with Gasteiger partial charge in [-0.15, -0.1) is 0 Å². The van der Waals surface area contributed by atoms with E-state index >= 15 is 0 Å². The highest BCUT2D eigenvalue weighted by atomic mass is 79.9. The second-order valence-electron chi connectivity index (χ2n) is 3.18. The molecule has 76 valence electrons. The van der Waals surface area contributed by atoms with Gasteiger partial charge in [-0.3, -0.25) is 4.79 Å². The second kappa shape index (κ2) is 4.84. The van der Waals surface area contributed by atoms with Crippen molar-refractivity contribution < 1.29 is 4.79 Å². The second-order valence-corrected chi connectivity index (χ2v) is 4.50. The van der Waals surface area contributed by atoms with Gasteiger partial charge in [0.05, 0.1) is 0 Å². The quantitative estimate of drug-likeness (QED) is 0.797. The van der Waals surface area contributed by atoms with E-state index in [0.717, 1.165) is 10.0 Å². The molecule has 0 aromatic heterocycles. The molecule has 0 spiro atoms. The topological polar surface area (TPSA) is 29.1 Å². The van der Waals surface area contributed by atoms with Gasteiger partial charge in [0.2, 0.25) is 0 Å². The predicted molar refractivity (Wildman–Crippen MR) is 64.8 cm³/mol. The minimum atomic E-state index is -0.299. The zero-order valence-corrected chi connectivity index (χ0v) is 10.6. The zero-order chi connectivity index (χ0) is 10.7. The lowest BCUT2D eigenvalue weighted by molar-refractivity contribution is 0.260. The third kappa shape index (κ3) is 3.03. The highest BCUT2D eigenvalue weighted by molar-refractivity contribution is 9.10. The Bertz CT molecular complexity index is 342. The Morgan fingerprint density at radius 2 is 1.93 bits per heavy atom. The Hall–Kier alpha value is -0.480. The van der Waals surface area contributed by atoms with Gasteiger partial charge in [0.25, 0.3) is 5.24 Å². The van der Waals surface area contributed by atoms with Crippen molar-refractivity contribution in [1.82, 2.24) is 5.32 Å². The van der Waals surface area contributed by atoms with Crippen molar-refractivity contribution >= 4 is 33.8 Å². The van der Waals surface area contributed by atoms with Crippen LogP contribution in [-0.4, -0.2) is 5.24 Å². The Kier molecular flexibility index (Phi) is 4.01. The van der Waals surface area contributed by atoms with E-state index < -0.39 is 0 Å². The maximum atomic E-state index is 10.7. The minimum Gasteiger partial charge on any atom is -0.343 e. The van der Waals surface area contributed by atoms with Crippen LogP contribution in [-0.2, 0) is 6.54 Å². The molecule has 0 saturated heterocycles. The molecule has 0 aliphatic rings. The number of hydrogen-bond acceptors (Lipinski definition) is 1. The number of benzene rings is 1. The molecule has 0 radical (unpaired) electrons. The fraction of sp³-hybridized carbons (Fsp3) is 0.300. The van der Waals surface area contributed by atoms with Crippen molar-refractivity contribution in [2.45, 2.75) is 20.4 Å². The van der Waals surface area contributed by atoms with Crippen LogP contribution in [0.3, 0.4) is 0 Å². The maximum absolute atomic E-state index is 10.7. The summed E-state index contributed by atoms with van der Waals surface area (Å²) in [4.78, 5) is 10.7. The number of thiol groups is 1. The molecule has 0 bridgehead atoms. The lowest BCUT2D eigenvalue weighted by atomic mass is 10.0. The van der Waals surface area contributed by atoms with E-state index in [2.05, 4.69) is 33.9 Å². The number of rotatable bonds is 2. The Morgan fingerprint density at radius 1 is 1.43 bits per heavy atom. The number of aryl methyl sites for hydroxylation is 2. The van der Waals surface area contributed by atoms with Crippen molar-refractivity contribution in [2.24, 2.45) is 0 Å². The first-order valence-corrected chi connectivity index (χ1v) is 5.47. The van der Waals surface area contributed by atoms with E-state index in [1.807, 2.05) is 26.0 Å². The first-order valence-electron chi connectivity index (χ1n) is 4.23. The molecule has 4 heteroatoms. The number of hydrogen-bond donors (Lipinski definition) is 2. The summed E-state index contributed by atoms with van der Waals surface area (Å²) in [5.41, 5.74) is 3.48. The van der Waals surface area contributed by atoms with E-state index in [-0.39, 0.29) is 5.24 Å². The van der Waals surface area contributed by atoms with E-state index in [1.165, 1.54) is 11.1 Å². The SMILES string of the molecule is Cc1cc(Br)cc(C)c1CNC(=O)S. The maximum Gasteiger partial charge on any atom is 0.276 e.